The molecule has 0 aromatic carbocycles. The average Bonchev–Trinajstić information content (AvgIpc) is 2.47. The van der Waals surface area contributed by atoms with Crippen molar-refractivity contribution in [3.05, 3.63) is 12.2 Å². The van der Waals surface area contributed by atoms with Gasteiger partial charge in [0.05, 0.1) is 0 Å². The van der Waals surface area contributed by atoms with Gasteiger partial charge in [0, 0.05) is 34.9 Å². The lowest BCUT2D eigenvalue weighted by molar-refractivity contribution is 0.164. The molecule has 0 spiro atoms. The largest absolute Gasteiger partial charge is 0.312 e. The van der Waals surface area contributed by atoms with Crippen LogP contribution in [0, 0.1) is 11.8 Å². The molecule has 14 heavy (non-hydrogen) atoms. The van der Waals surface area contributed by atoms with Gasteiger partial charge in [0.2, 0.25) is 0 Å². The van der Waals surface area contributed by atoms with Crippen LogP contribution >= 0.6 is 0 Å². The second kappa shape index (κ2) is 4.15. The minimum Gasteiger partial charge on any atom is -0.312 e. The van der Waals surface area contributed by atoms with Gasteiger partial charge < -0.3 is 5.32 Å². The number of rotatable bonds is 4. The van der Waals surface area contributed by atoms with Gasteiger partial charge in [0.25, 0.3) is 0 Å². The Balaban J connectivity index is 1.72. The summed E-state index contributed by atoms with van der Waals surface area (Å²) in [7, 11) is -0.691. The highest BCUT2D eigenvalue weighted by atomic mass is 32.2. The van der Waals surface area contributed by atoms with Crippen LogP contribution in [0.3, 0.4) is 0 Å². The molecule has 2 aliphatic rings. The van der Waals surface area contributed by atoms with Crippen LogP contribution in [0.1, 0.15) is 19.8 Å². The molecule has 1 N–H and O–H groups in total. The summed E-state index contributed by atoms with van der Waals surface area (Å²) in [5.74, 6) is 1.68. The highest BCUT2D eigenvalue weighted by Gasteiger charge is 2.40. The third kappa shape index (κ3) is 1.94. The third-order valence-corrected chi connectivity index (χ3v) is 4.90. The molecule has 2 rings (SSSR count). The third-order valence-electron chi connectivity index (χ3n) is 3.60. The Morgan fingerprint density at radius 3 is 3.07 bits per heavy atom. The van der Waals surface area contributed by atoms with Crippen LogP contribution < -0.4 is 5.32 Å². The Hall–Kier alpha value is -0.150. The van der Waals surface area contributed by atoms with Crippen molar-refractivity contribution in [2.24, 2.45) is 11.8 Å². The van der Waals surface area contributed by atoms with Gasteiger partial charge in [-0.05, 0) is 31.6 Å². The zero-order valence-electron chi connectivity index (χ0n) is 8.90. The van der Waals surface area contributed by atoms with Crippen molar-refractivity contribution >= 4 is 10.8 Å². The zero-order chi connectivity index (χ0) is 10.1. The molecule has 0 aromatic rings. The monoisotopic (exact) mass is 213 g/mol. The topological polar surface area (TPSA) is 29.1 Å². The van der Waals surface area contributed by atoms with Gasteiger partial charge in [-0.25, -0.2) is 0 Å². The van der Waals surface area contributed by atoms with Crippen molar-refractivity contribution in [1.82, 2.24) is 5.32 Å². The van der Waals surface area contributed by atoms with E-state index in [9.17, 15) is 4.21 Å². The van der Waals surface area contributed by atoms with E-state index in [0.717, 1.165) is 18.4 Å². The molecule has 0 radical (unpaired) electrons. The summed E-state index contributed by atoms with van der Waals surface area (Å²) in [5, 5.41) is 3.80. The molecule has 0 bridgehead atoms. The molecule has 0 aliphatic heterocycles. The van der Waals surface area contributed by atoms with E-state index in [4.69, 9.17) is 0 Å². The van der Waals surface area contributed by atoms with Crippen LogP contribution in [0.25, 0.3) is 0 Å². The van der Waals surface area contributed by atoms with Crippen molar-refractivity contribution in [3.63, 3.8) is 0 Å². The van der Waals surface area contributed by atoms with Gasteiger partial charge >= 0.3 is 0 Å². The molecular formula is C11H19NOS. The average molecular weight is 213 g/mol. The lowest BCUT2D eigenvalue weighted by Gasteiger charge is -2.41. The van der Waals surface area contributed by atoms with Crippen LogP contribution in [0.5, 0.6) is 0 Å². The van der Waals surface area contributed by atoms with Gasteiger partial charge in [-0.15, -0.1) is 0 Å². The number of fused-ring (bicyclic) bond motifs is 1. The zero-order valence-corrected chi connectivity index (χ0v) is 9.72. The predicted octanol–water partition coefficient (Wildman–Crippen LogP) is 1.31. The summed E-state index contributed by atoms with van der Waals surface area (Å²) >= 11 is 0. The quantitative estimate of drug-likeness (QED) is 0.713. The van der Waals surface area contributed by atoms with Gasteiger partial charge in [0.1, 0.15) is 0 Å². The standard InChI is InChI=1S/C11H19NOS/c1-8(14(2)13)7-12-11-6-9-4-3-5-10(9)11/h3,5,8-12H,4,6-7H2,1-2H3. The fourth-order valence-electron chi connectivity index (χ4n) is 2.38. The molecule has 80 valence electrons. The van der Waals surface area contributed by atoms with E-state index in [-0.39, 0.29) is 5.25 Å². The SMILES string of the molecule is CC(CNC1CC2CC=CC21)S(C)=O. The second-order valence-electron chi connectivity index (χ2n) is 4.56. The molecule has 3 heteroatoms. The first kappa shape index (κ1) is 10.4. The van der Waals surface area contributed by atoms with Crippen molar-refractivity contribution in [2.45, 2.75) is 31.1 Å². The summed E-state index contributed by atoms with van der Waals surface area (Å²) in [6, 6.07) is 0.657. The molecule has 1 saturated carbocycles. The molecule has 0 saturated heterocycles. The second-order valence-corrected chi connectivity index (χ2v) is 6.36. The van der Waals surface area contributed by atoms with E-state index in [0.29, 0.717) is 6.04 Å². The number of hydrogen-bond acceptors (Lipinski definition) is 2. The van der Waals surface area contributed by atoms with Crippen molar-refractivity contribution in [2.75, 3.05) is 12.8 Å². The molecule has 0 amide bonds. The number of hydrogen-bond donors (Lipinski definition) is 1. The maximum atomic E-state index is 11.1. The highest BCUT2D eigenvalue weighted by Crippen LogP contribution is 2.42. The summed E-state index contributed by atoms with van der Waals surface area (Å²) in [5.41, 5.74) is 0. The minimum absolute atomic E-state index is 0.277. The first-order chi connectivity index (χ1) is 6.68. The summed E-state index contributed by atoms with van der Waals surface area (Å²) in [6.07, 6.45) is 9.02. The normalized spacial score (nSPS) is 38.9. The van der Waals surface area contributed by atoms with Crippen LogP contribution in [-0.4, -0.2) is 28.3 Å². The van der Waals surface area contributed by atoms with Gasteiger partial charge in [-0.2, -0.15) is 0 Å². The Morgan fingerprint density at radius 1 is 1.64 bits per heavy atom. The van der Waals surface area contributed by atoms with E-state index in [1.54, 1.807) is 6.26 Å². The van der Waals surface area contributed by atoms with Crippen LogP contribution in [0.4, 0.5) is 0 Å². The van der Waals surface area contributed by atoms with E-state index >= 15 is 0 Å². The fraction of sp³-hybridized carbons (Fsp3) is 0.818. The van der Waals surface area contributed by atoms with E-state index in [1.165, 1.54) is 12.8 Å². The Bertz CT molecular complexity index is 264. The lowest BCUT2D eigenvalue weighted by Crippen LogP contribution is -2.50. The first-order valence-electron chi connectivity index (χ1n) is 5.40. The van der Waals surface area contributed by atoms with Crippen molar-refractivity contribution in [3.8, 4) is 0 Å². The number of nitrogens with one attached hydrogen (secondary N) is 1. The smallest absolute Gasteiger partial charge is 0.0441 e. The number of allylic oxidation sites excluding steroid dienone is 1. The predicted molar refractivity (Wildman–Crippen MR) is 60.7 cm³/mol. The van der Waals surface area contributed by atoms with Crippen LogP contribution in [0.15, 0.2) is 12.2 Å². The minimum atomic E-state index is -0.691. The van der Waals surface area contributed by atoms with E-state index < -0.39 is 10.8 Å². The molecule has 1 fully saturated rings. The van der Waals surface area contributed by atoms with Crippen molar-refractivity contribution < 1.29 is 4.21 Å². The molecule has 2 nitrogen and oxygen atoms in total. The lowest BCUT2D eigenvalue weighted by atomic mass is 9.71. The Kier molecular flexibility index (Phi) is 3.07. The summed E-state index contributed by atoms with van der Waals surface area (Å²) < 4.78 is 11.1. The van der Waals surface area contributed by atoms with Crippen LogP contribution in [-0.2, 0) is 10.8 Å². The highest BCUT2D eigenvalue weighted by molar-refractivity contribution is 7.84. The Labute approximate surface area is 88.6 Å². The van der Waals surface area contributed by atoms with Crippen LogP contribution in [0.2, 0.25) is 0 Å². The fourth-order valence-corrected chi connectivity index (χ4v) is 2.71. The molecule has 2 aliphatic carbocycles. The van der Waals surface area contributed by atoms with Gasteiger partial charge in [0.15, 0.2) is 0 Å². The van der Waals surface area contributed by atoms with Crippen molar-refractivity contribution in [1.29, 1.82) is 0 Å². The Morgan fingerprint density at radius 2 is 2.43 bits per heavy atom. The maximum absolute atomic E-state index is 11.1. The first-order valence-corrected chi connectivity index (χ1v) is 7.03. The maximum Gasteiger partial charge on any atom is 0.0441 e. The van der Waals surface area contributed by atoms with Gasteiger partial charge in [-0.3, -0.25) is 4.21 Å². The molecule has 5 atom stereocenters. The molecular weight excluding hydrogens is 194 g/mol. The molecule has 5 unspecified atom stereocenters. The van der Waals surface area contributed by atoms with Gasteiger partial charge in [-0.1, -0.05) is 12.2 Å². The van der Waals surface area contributed by atoms with E-state index in [1.807, 2.05) is 6.92 Å². The summed E-state index contributed by atoms with van der Waals surface area (Å²) in [4.78, 5) is 0. The summed E-state index contributed by atoms with van der Waals surface area (Å²) in [6.45, 7) is 2.94. The molecule has 0 heterocycles. The van der Waals surface area contributed by atoms with E-state index in [2.05, 4.69) is 17.5 Å². The molecule has 0 aromatic heterocycles.